The van der Waals surface area contributed by atoms with Crippen LogP contribution in [-0.4, -0.2) is 64.0 Å². The highest BCUT2D eigenvalue weighted by Gasteiger charge is 2.15. The number of alkyl halides is 1. The number of nitrogens with zero attached hydrogens (tertiary/aromatic N) is 1. The summed E-state index contributed by atoms with van der Waals surface area (Å²) in [6, 6.07) is 15.7. The lowest BCUT2D eigenvalue weighted by molar-refractivity contribution is -0.107. The van der Waals surface area contributed by atoms with Crippen molar-refractivity contribution in [2.24, 2.45) is 0 Å². The maximum absolute atomic E-state index is 12.0. The maximum Gasteiger partial charge on any atom is 0.162 e. The molecule has 0 radical (unpaired) electrons. The van der Waals surface area contributed by atoms with E-state index in [0.29, 0.717) is 43.9 Å². The fraction of sp³-hybridized carbons (Fsp3) is 0.533. The van der Waals surface area contributed by atoms with E-state index < -0.39 is 0 Å². The van der Waals surface area contributed by atoms with Crippen molar-refractivity contribution in [2.45, 2.75) is 57.4 Å². The minimum Gasteiger partial charge on any atom is -0.497 e. The number of aldehydes is 1. The average molecular weight is 515 g/mol. The molecule has 1 aliphatic heterocycles. The summed E-state index contributed by atoms with van der Waals surface area (Å²) in [5.74, 6) is 1.68. The molecule has 0 bridgehead atoms. The van der Waals surface area contributed by atoms with Crippen LogP contribution < -0.4 is 14.8 Å². The van der Waals surface area contributed by atoms with Crippen molar-refractivity contribution >= 4 is 12.1 Å². The van der Waals surface area contributed by atoms with Crippen LogP contribution in [0.2, 0.25) is 0 Å². The van der Waals surface area contributed by atoms with Gasteiger partial charge in [0.25, 0.3) is 0 Å². The van der Waals surface area contributed by atoms with Gasteiger partial charge in [0.1, 0.15) is 17.8 Å². The molecule has 1 heterocycles. The molecule has 2 aromatic rings. The number of likely N-dealkylation sites (tertiary alicyclic amines) is 1. The Labute approximate surface area is 221 Å². The van der Waals surface area contributed by atoms with E-state index in [-0.39, 0.29) is 12.5 Å². The van der Waals surface area contributed by atoms with Gasteiger partial charge in [0, 0.05) is 24.4 Å². The molecule has 37 heavy (non-hydrogen) atoms. The van der Waals surface area contributed by atoms with Crippen LogP contribution in [0.25, 0.3) is 0 Å². The Hall–Kier alpha value is -2.77. The summed E-state index contributed by atoms with van der Waals surface area (Å²) in [6.45, 7) is 3.99. The third-order valence-corrected chi connectivity index (χ3v) is 6.50. The highest BCUT2D eigenvalue weighted by atomic mass is 19.1. The number of ether oxygens (including phenoxy) is 2. The molecule has 6 nitrogen and oxygen atoms in total. The molecule has 1 saturated heterocycles. The number of halogens is 1. The van der Waals surface area contributed by atoms with E-state index in [1.165, 1.54) is 31.5 Å². The minimum absolute atomic E-state index is 0.0690. The SMILES string of the molecule is CNC(CCN1CCCC1)c1ccc(OCCCCF)cc1.COc1ccc(C(=O)CCCC=O)cc1. The van der Waals surface area contributed by atoms with Crippen molar-refractivity contribution in [3.05, 3.63) is 59.7 Å². The molecule has 0 saturated carbocycles. The van der Waals surface area contributed by atoms with E-state index in [1.807, 2.05) is 19.2 Å². The Morgan fingerprint density at radius 3 is 2.30 bits per heavy atom. The molecular formula is C30H43FN2O4. The standard InChI is InChI=1S/C18H29FN2O.C12H14O3/c1-20-18(10-14-21-12-3-4-13-21)16-6-8-17(9-7-16)22-15-5-2-11-19;1-15-11-7-5-10(6-8-11)12(14)4-2-3-9-13/h6-9,18,20H,2-5,10-15H2,1H3;5-9H,2-4H2,1H3. The maximum atomic E-state index is 12.0. The van der Waals surface area contributed by atoms with Gasteiger partial charge in [-0.2, -0.15) is 0 Å². The fourth-order valence-electron chi connectivity index (χ4n) is 4.25. The first-order valence-corrected chi connectivity index (χ1v) is 13.4. The highest BCUT2D eigenvalue weighted by Crippen LogP contribution is 2.21. The largest absolute Gasteiger partial charge is 0.497 e. The summed E-state index contributed by atoms with van der Waals surface area (Å²) in [4.78, 5) is 24.2. The Morgan fingerprint density at radius 2 is 1.70 bits per heavy atom. The van der Waals surface area contributed by atoms with Crippen LogP contribution in [-0.2, 0) is 4.79 Å². The number of ketones is 1. The van der Waals surface area contributed by atoms with Crippen LogP contribution in [0.5, 0.6) is 11.5 Å². The number of benzene rings is 2. The van der Waals surface area contributed by atoms with Crippen molar-refractivity contribution in [1.82, 2.24) is 10.2 Å². The van der Waals surface area contributed by atoms with Crippen LogP contribution >= 0.6 is 0 Å². The molecule has 1 atom stereocenters. The van der Waals surface area contributed by atoms with Gasteiger partial charge in [-0.05, 0) is 107 Å². The average Bonchev–Trinajstić information content (AvgIpc) is 3.46. The lowest BCUT2D eigenvalue weighted by Crippen LogP contribution is -2.26. The molecule has 3 rings (SSSR count). The predicted molar refractivity (Wildman–Crippen MR) is 146 cm³/mol. The fourth-order valence-corrected chi connectivity index (χ4v) is 4.25. The summed E-state index contributed by atoms with van der Waals surface area (Å²) in [6.07, 6.45) is 7.50. The van der Waals surface area contributed by atoms with Gasteiger partial charge in [-0.25, -0.2) is 0 Å². The van der Waals surface area contributed by atoms with Crippen LogP contribution in [0, 0.1) is 0 Å². The zero-order valence-electron chi connectivity index (χ0n) is 22.4. The zero-order valence-corrected chi connectivity index (χ0v) is 22.4. The first-order chi connectivity index (χ1) is 18.1. The molecule has 0 aromatic heterocycles. The van der Waals surface area contributed by atoms with Crippen molar-refractivity contribution in [1.29, 1.82) is 0 Å². The molecule has 1 N–H and O–H groups in total. The van der Waals surface area contributed by atoms with Gasteiger partial charge in [-0.1, -0.05) is 12.1 Å². The number of rotatable bonds is 16. The predicted octanol–water partition coefficient (Wildman–Crippen LogP) is 5.81. The van der Waals surface area contributed by atoms with Gasteiger partial charge in [-0.3, -0.25) is 9.18 Å². The number of hydrogen-bond donors (Lipinski definition) is 1. The molecule has 7 heteroatoms. The lowest BCUT2D eigenvalue weighted by atomic mass is 10.0. The normalized spacial score (nSPS) is 13.9. The van der Waals surface area contributed by atoms with Crippen molar-refractivity contribution in [3.8, 4) is 11.5 Å². The quantitative estimate of drug-likeness (QED) is 0.173. The summed E-state index contributed by atoms with van der Waals surface area (Å²) in [5, 5.41) is 3.41. The first kappa shape index (κ1) is 30.5. The molecule has 204 valence electrons. The molecule has 1 fully saturated rings. The van der Waals surface area contributed by atoms with Crippen LogP contribution in [0.3, 0.4) is 0 Å². The van der Waals surface area contributed by atoms with E-state index in [1.54, 1.807) is 31.4 Å². The van der Waals surface area contributed by atoms with Gasteiger partial charge < -0.3 is 24.5 Å². The highest BCUT2D eigenvalue weighted by molar-refractivity contribution is 5.96. The van der Waals surface area contributed by atoms with Gasteiger partial charge in [0.05, 0.1) is 20.4 Å². The molecular weight excluding hydrogens is 471 g/mol. The second kappa shape index (κ2) is 18.5. The van der Waals surface area contributed by atoms with Crippen LogP contribution in [0.15, 0.2) is 48.5 Å². The number of carbonyl (C=O) groups excluding carboxylic acids is 2. The van der Waals surface area contributed by atoms with Gasteiger partial charge in [0.15, 0.2) is 5.78 Å². The second-order valence-electron chi connectivity index (χ2n) is 9.20. The van der Waals surface area contributed by atoms with E-state index in [0.717, 1.165) is 37.2 Å². The number of carbonyl (C=O) groups is 2. The smallest absolute Gasteiger partial charge is 0.162 e. The zero-order chi connectivity index (χ0) is 26.7. The Kier molecular flexibility index (Phi) is 15.2. The Balaban J connectivity index is 0.000000281. The third kappa shape index (κ3) is 11.9. The summed E-state index contributed by atoms with van der Waals surface area (Å²) in [5.41, 5.74) is 1.97. The summed E-state index contributed by atoms with van der Waals surface area (Å²) < 4.78 is 22.6. The molecule has 2 aromatic carbocycles. The first-order valence-electron chi connectivity index (χ1n) is 13.4. The Morgan fingerprint density at radius 1 is 1.03 bits per heavy atom. The minimum atomic E-state index is -0.261. The monoisotopic (exact) mass is 514 g/mol. The van der Waals surface area contributed by atoms with Gasteiger partial charge >= 0.3 is 0 Å². The lowest BCUT2D eigenvalue weighted by Gasteiger charge is -2.21. The van der Waals surface area contributed by atoms with E-state index in [2.05, 4.69) is 22.3 Å². The number of unbranched alkanes of at least 4 members (excludes halogenated alkanes) is 2. The van der Waals surface area contributed by atoms with Crippen molar-refractivity contribution < 1.29 is 23.5 Å². The molecule has 0 spiro atoms. The van der Waals surface area contributed by atoms with Crippen molar-refractivity contribution in [2.75, 3.05) is 47.1 Å². The molecule has 1 aliphatic rings. The second-order valence-corrected chi connectivity index (χ2v) is 9.20. The van der Waals surface area contributed by atoms with Gasteiger partial charge in [0.2, 0.25) is 0 Å². The Bertz CT molecular complexity index is 883. The number of Topliss-reactive ketones (excluding diaryl/α,β-unsaturated/α-hetero) is 1. The molecule has 1 unspecified atom stereocenters. The van der Waals surface area contributed by atoms with Crippen molar-refractivity contribution in [3.63, 3.8) is 0 Å². The van der Waals surface area contributed by atoms with Crippen LogP contribution in [0.4, 0.5) is 4.39 Å². The number of nitrogens with one attached hydrogen (secondary N) is 1. The van der Waals surface area contributed by atoms with E-state index >= 15 is 0 Å². The van der Waals surface area contributed by atoms with E-state index in [9.17, 15) is 14.0 Å². The summed E-state index contributed by atoms with van der Waals surface area (Å²) in [7, 11) is 3.61. The molecule has 0 amide bonds. The molecule has 0 aliphatic carbocycles. The third-order valence-electron chi connectivity index (χ3n) is 6.50. The number of hydrogen-bond acceptors (Lipinski definition) is 6. The number of methoxy groups -OCH3 is 1. The summed E-state index contributed by atoms with van der Waals surface area (Å²) >= 11 is 0. The van der Waals surface area contributed by atoms with Gasteiger partial charge in [-0.15, -0.1) is 0 Å². The van der Waals surface area contributed by atoms with E-state index in [4.69, 9.17) is 9.47 Å². The topological polar surface area (TPSA) is 67.9 Å². The van der Waals surface area contributed by atoms with Crippen LogP contribution in [0.1, 0.15) is 73.3 Å².